The van der Waals surface area contributed by atoms with Gasteiger partial charge in [-0.25, -0.2) is 0 Å². The molecule has 0 bridgehead atoms. The molecule has 148 valence electrons. The van der Waals surface area contributed by atoms with E-state index in [0.29, 0.717) is 12.1 Å². The third-order valence-corrected chi connectivity index (χ3v) is 5.42. The second-order valence-electron chi connectivity index (χ2n) is 7.45. The molecule has 0 radical (unpaired) electrons. The van der Waals surface area contributed by atoms with Gasteiger partial charge in [-0.2, -0.15) is 0 Å². The molecule has 1 aliphatic rings. The Bertz CT molecular complexity index is 766. The van der Waals surface area contributed by atoms with Gasteiger partial charge in [-0.1, -0.05) is 30.3 Å². The molecule has 1 heterocycles. The summed E-state index contributed by atoms with van der Waals surface area (Å²) in [5.41, 5.74) is 2.71. The number of hydrogen-bond acceptors (Lipinski definition) is 3. The Morgan fingerprint density at radius 3 is 2.32 bits per heavy atom. The van der Waals surface area contributed by atoms with Gasteiger partial charge in [0.05, 0.1) is 6.54 Å². The summed E-state index contributed by atoms with van der Waals surface area (Å²) >= 11 is 0. The van der Waals surface area contributed by atoms with E-state index in [1.165, 1.54) is 12.0 Å². The minimum Gasteiger partial charge on any atom is -0.355 e. The highest BCUT2D eigenvalue weighted by Gasteiger charge is 2.20. The molecule has 0 unspecified atom stereocenters. The van der Waals surface area contributed by atoms with Crippen LogP contribution in [0.25, 0.3) is 0 Å². The number of amides is 2. The van der Waals surface area contributed by atoms with E-state index in [1.807, 2.05) is 0 Å². The quantitative estimate of drug-likeness (QED) is 0.776. The number of piperidine rings is 1. The first-order chi connectivity index (χ1) is 13.6. The van der Waals surface area contributed by atoms with Crippen LogP contribution in [0.3, 0.4) is 0 Å². The van der Waals surface area contributed by atoms with Crippen molar-refractivity contribution in [2.75, 3.05) is 32.0 Å². The van der Waals surface area contributed by atoms with Crippen LogP contribution in [0.5, 0.6) is 0 Å². The minimum absolute atomic E-state index is 0.00423. The number of rotatable bonds is 7. The first kappa shape index (κ1) is 20.1. The first-order valence-corrected chi connectivity index (χ1v) is 10.0. The van der Waals surface area contributed by atoms with E-state index in [4.69, 9.17) is 0 Å². The molecule has 0 aromatic heterocycles. The molecular weight excluding hydrogens is 350 g/mol. The Balaban J connectivity index is 1.38. The number of benzene rings is 2. The van der Waals surface area contributed by atoms with Crippen molar-refractivity contribution in [3.05, 3.63) is 65.7 Å². The van der Waals surface area contributed by atoms with Crippen LogP contribution in [-0.2, 0) is 11.2 Å². The van der Waals surface area contributed by atoms with Crippen molar-refractivity contribution >= 4 is 17.5 Å². The van der Waals surface area contributed by atoms with Crippen molar-refractivity contribution in [2.24, 2.45) is 5.92 Å². The number of carbonyl (C=O) groups is 2. The summed E-state index contributed by atoms with van der Waals surface area (Å²) in [4.78, 5) is 26.1. The predicted molar refractivity (Wildman–Crippen MR) is 112 cm³/mol. The van der Waals surface area contributed by atoms with Gasteiger partial charge < -0.3 is 10.6 Å². The number of hydrogen-bond donors (Lipinski definition) is 2. The Morgan fingerprint density at radius 1 is 1.00 bits per heavy atom. The highest BCUT2D eigenvalue weighted by Crippen LogP contribution is 2.22. The number of anilines is 1. The van der Waals surface area contributed by atoms with Crippen molar-refractivity contribution in [2.45, 2.75) is 25.7 Å². The largest absolute Gasteiger partial charge is 0.355 e. The van der Waals surface area contributed by atoms with Gasteiger partial charge in [0.15, 0.2) is 0 Å². The smallest absolute Gasteiger partial charge is 0.251 e. The van der Waals surface area contributed by atoms with Crippen molar-refractivity contribution < 1.29 is 9.59 Å². The van der Waals surface area contributed by atoms with Crippen molar-refractivity contribution in [1.82, 2.24) is 10.2 Å². The topological polar surface area (TPSA) is 61.4 Å². The molecule has 5 heteroatoms. The fourth-order valence-electron chi connectivity index (χ4n) is 3.70. The molecule has 0 saturated carbocycles. The molecule has 2 aromatic carbocycles. The monoisotopic (exact) mass is 379 g/mol. The molecule has 2 amide bonds. The molecule has 1 aliphatic heterocycles. The van der Waals surface area contributed by atoms with Crippen LogP contribution in [0, 0.1) is 5.92 Å². The van der Waals surface area contributed by atoms with Gasteiger partial charge in [-0.3, -0.25) is 14.5 Å². The Morgan fingerprint density at radius 2 is 1.68 bits per heavy atom. The summed E-state index contributed by atoms with van der Waals surface area (Å²) in [6.07, 6.45) is 4.67. The second-order valence-corrected chi connectivity index (χ2v) is 7.45. The number of carbonyl (C=O) groups excluding carboxylic acids is 2. The number of aryl methyl sites for hydroxylation is 1. The maximum Gasteiger partial charge on any atom is 0.251 e. The highest BCUT2D eigenvalue weighted by molar-refractivity contribution is 5.96. The van der Waals surface area contributed by atoms with Gasteiger partial charge >= 0.3 is 0 Å². The van der Waals surface area contributed by atoms with Crippen LogP contribution in [0.15, 0.2) is 54.6 Å². The fourth-order valence-corrected chi connectivity index (χ4v) is 3.70. The Labute approximate surface area is 167 Å². The van der Waals surface area contributed by atoms with E-state index in [1.54, 1.807) is 31.3 Å². The third-order valence-electron chi connectivity index (χ3n) is 5.42. The maximum absolute atomic E-state index is 12.3. The normalized spacial score (nSPS) is 15.2. The van der Waals surface area contributed by atoms with Crippen LogP contribution < -0.4 is 10.6 Å². The van der Waals surface area contributed by atoms with E-state index in [9.17, 15) is 9.59 Å². The standard InChI is InChI=1S/C23H29N3O2/c1-24-23(28)20-9-11-21(12-10-20)25-22(27)17-26-15-13-19(14-16-26)8-7-18-5-3-2-4-6-18/h2-6,9-12,19H,7-8,13-17H2,1H3,(H,24,28)(H,25,27). The average molecular weight is 380 g/mol. The number of nitrogens with zero attached hydrogens (tertiary/aromatic N) is 1. The second kappa shape index (κ2) is 10.0. The average Bonchev–Trinajstić information content (AvgIpc) is 2.74. The lowest BCUT2D eigenvalue weighted by atomic mass is 9.90. The van der Waals surface area contributed by atoms with E-state index in [2.05, 4.69) is 45.9 Å². The van der Waals surface area contributed by atoms with E-state index in [-0.39, 0.29) is 11.8 Å². The van der Waals surface area contributed by atoms with Gasteiger partial charge in [0.2, 0.25) is 5.91 Å². The molecule has 1 fully saturated rings. The van der Waals surface area contributed by atoms with Crippen molar-refractivity contribution in [3.8, 4) is 0 Å². The van der Waals surface area contributed by atoms with Gasteiger partial charge in [-0.15, -0.1) is 0 Å². The summed E-state index contributed by atoms with van der Waals surface area (Å²) < 4.78 is 0. The molecule has 1 saturated heterocycles. The zero-order valence-electron chi connectivity index (χ0n) is 16.5. The van der Waals surface area contributed by atoms with Gasteiger partial charge in [-0.05, 0) is 74.5 Å². The van der Waals surface area contributed by atoms with E-state index < -0.39 is 0 Å². The first-order valence-electron chi connectivity index (χ1n) is 10.0. The van der Waals surface area contributed by atoms with Crippen molar-refractivity contribution in [1.29, 1.82) is 0 Å². The summed E-state index contributed by atoms with van der Waals surface area (Å²) in [6.45, 7) is 2.37. The number of nitrogens with one attached hydrogen (secondary N) is 2. The molecule has 5 nitrogen and oxygen atoms in total. The molecule has 2 N–H and O–H groups in total. The summed E-state index contributed by atoms with van der Waals surface area (Å²) in [5, 5.41) is 5.50. The van der Waals surface area contributed by atoms with Crippen LogP contribution in [0.4, 0.5) is 5.69 Å². The summed E-state index contributed by atoms with van der Waals surface area (Å²) in [6, 6.07) is 17.6. The van der Waals surface area contributed by atoms with Crippen LogP contribution >= 0.6 is 0 Å². The zero-order valence-corrected chi connectivity index (χ0v) is 16.5. The lowest BCUT2D eigenvalue weighted by molar-refractivity contribution is -0.117. The van der Waals surface area contributed by atoms with Crippen LogP contribution in [-0.4, -0.2) is 43.4 Å². The van der Waals surface area contributed by atoms with E-state index >= 15 is 0 Å². The van der Waals surface area contributed by atoms with E-state index in [0.717, 1.165) is 44.0 Å². The molecular formula is C23H29N3O2. The molecule has 2 aromatic rings. The third kappa shape index (κ3) is 5.92. The number of likely N-dealkylation sites (tertiary alicyclic amines) is 1. The van der Waals surface area contributed by atoms with Crippen LogP contribution in [0.1, 0.15) is 35.2 Å². The van der Waals surface area contributed by atoms with Gasteiger partial charge in [0, 0.05) is 18.3 Å². The SMILES string of the molecule is CNC(=O)c1ccc(NC(=O)CN2CCC(CCc3ccccc3)CC2)cc1. The molecule has 28 heavy (non-hydrogen) atoms. The summed E-state index contributed by atoms with van der Waals surface area (Å²) in [5.74, 6) is 0.611. The van der Waals surface area contributed by atoms with Crippen LogP contribution in [0.2, 0.25) is 0 Å². The lowest BCUT2D eigenvalue weighted by Gasteiger charge is -2.31. The highest BCUT2D eigenvalue weighted by atomic mass is 16.2. The molecule has 0 spiro atoms. The molecule has 0 aliphatic carbocycles. The molecule has 0 atom stereocenters. The van der Waals surface area contributed by atoms with Gasteiger partial charge in [0.1, 0.15) is 0 Å². The minimum atomic E-state index is -0.131. The Hall–Kier alpha value is -2.66. The fraction of sp³-hybridized carbons (Fsp3) is 0.391. The lowest BCUT2D eigenvalue weighted by Crippen LogP contribution is -2.39. The summed E-state index contributed by atoms with van der Waals surface area (Å²) in [7, 11) is 1.60. The Kier molecular flexibility index (Phi) is 7.20. The van der Waals surface area contributed by atoms with Gasteiger partial charge in [0.25, 0.3) is 5.91 Å². The predicted octanol–water partition coefficient (Wildman–Crippen LogP) is 3.33. The van der Waals surface area contributed by atoms with Crippen molar-refractivity contribution in [3.63, 3.8) is 0 Å². The maximum atomic E-state index is 12.3. The zero-order chi connectivity index (χ0) is 19.8. The molecule has 3 rings (SSSR count).